The molecule has 5 nitrogen and oxygen atoms in total. The summed E-state index contributed by atoms with van der Waals surface area (Å²) in [7, 11) is 0. The summed E-state index contributed by atoms with van der Waals surface area (Å²) in [4.78, 5) is 22.0. The monoisotopic (exact) mass is 352 g/mol. The summed E-state index contributed by atoms with van der Waals surface area (Å²) >= 11 is 0. The topological polar surface area (TPSA) is 48.5 Å². The molecule has 1 aliphatic heterocycles. The Morgan fingerprint density at radius 2 is 1.81 bits per heavy atom. The van der Waals surface area contributed by atoms with Gasteiger partial charge in [0.15, 0.2) is 0 Å². The number of hydrogen-bond donors (Lipinski definition) is 1. The highest BCUT2D eigenvalue weighted by molar-refractivity contribution is 5.95. The van der Waals surface area contributed by atoms with Crippen LogP contribution < -0.4 is 10.2 Å². The number of nitrogens with zero attached hydrogens (tertiary/aromatic N) is 3. The van der Waals surface area contributed by atoms with Gasteiger partial charge in [0, 0.05) is 13.1 Å². The molecule has 5 heteroatoms. The smallest absolute Gasteiger partial charge is 0.246 e. The van der Waals surface area contributed by atoms with Gasteiger partial charge in [0.05, 0.1) is 11.9 Å². The summed E-state index contributed by atoms with van der Waals surface area (Å²) in [5.41, 5.74) is 1.75. The molecule has 1 unspecified atom stereocenters. The highest BCUT2D eigenvalue weighted by Gasteiger charge is 2.26. The first-order valence-corrected chi connectivity index (χ1v) is 9.53. The van der Waals surface area contributed by atoms with Crippen molar-refractivity contribution in [2.75, 3.05) is 36.4 Å². The zero-order valence-corrected chi connectivity index (χ0v) is 15.7. The fraction of sp³-hybridized carbons (Fsp3) is 0.429. The molecule has 138 valence electrons. The van der Waals surface area contributed by atoms with E-state index in [1.807, 2.05) is 42.5 Å². The molecular weight excluding hydrogens is 324 g/mol. The molecular formula is C21H28N4O. The SMILES string of the molecule is CCN(CC)C(C(=O)Nc1ccc(N2CCCC2)nc1)c1ccccc1. The molecule has 1 aliphatic rings. The Kier molecular flexibility index (Phi) is 6.23. The van der Waals surface area contributed by atoms with Crippen LogP contribution in [0.1, 0.15) is 38.3 Å². The minimum absolute atomic E-state index is 0.0179. The summed E-state index contributed by atoms with van der Waals surface area (Å²) < 4.78 is 0. The lowest BCUT2D eigenvalue weighted by atomic mass is 10.0. The van der Waals surface area contributed by atoms with Crippen molar-refractivity contribution in [3.63, 3.8) is 0 Å². The van der Waals surface area contributed by atoms with Crippen LogP contribution in [-0.2, 0) is 4.79 Å². The van der Waals surface area contributed by atoms with E-state index in [0.29, 0.717) is 0 Å². The second kappa shape index (κ2) is 8.81. The molecule has 1 aromatic heterocycles. The number of pyridine rings is 1. The van der Waals surface area contributed by atoms with Crippen LogP contribution >= 0.6 is 0 Å². The second-order valence-corrected chi connectivity index (χ2v) is 6.62. The minimum Gasteiger partial charge on any atom is -0.357 e. The summed E-state index contributed by atoms with van der Waals surface area (Å²) in [6.07, 6.45) is 4.21. The van der Waals surface area contributed by atoms with Crippen molar-refractivity contribution in [2.45, 2.75) is 32.7 Å². The predicted molar refractivity (Wildman–Crippen MR) is 106 cm³/mol. The number of amides is 1. The molecule has 2 heterocycles. The van der Waals surface area contributed by atoms with Gasteiger partial charge in [-0.1, -0.05) is 44.2 Å². The Bertz CT molecular complexity index is 692. The lowest BCUT2D eigenvalue weighted by molar-refractivity contribution is -0.121. The van der Waals surface area contributed by atoms with Gasteiger partial charge in [0.25, 0.3) is 0 Å². The molecule has 1 saturated heterocycles. The number of carbonyl (C=O) groups excluding carboxylic acids is 1. The lowest BCUT2D eigenvalue weighted by Crippen LogP contribution is -2.37. The molecule has 1 amide bonds. The first-order valence-electron chi connectivity index (χ1n) is 9.53. The molecule has 1 aromatic carbocycles. The number of anilines is 2. The highest BCUT2D eigenvalue weighted by atomic mass is 16.2. The van der Waals surface area contributed by atoms with E-state index in [4.69, 9.17) is 0 Å². The average molecular weight is 352 g/mol. The summed E-state index contributed by atoms with van der Waals surface area (Å²) in [6, 6.07) is 13.6. The third kappa shape index (κ3) is 4.22. The van der Waals surface area contributed by atoms with E-state index >= 15 is 0 Å². The maximum atomic E-state index is 13.0. The molecule has 1 atom stereocenters. The van der Waals surface area contributed by atoms with Crippen LogP contribution in [0.2, 0.25) is 0 Å². The van der Waals surface area contributed by atoms with Crippen molar-refractivity contribution in [3.8, 4) is 0 Å². The van der Waals surface area contributed by atoms with Gasteiger partial charge in [-0.15, -0.1) is 0 Å². The zero-order chi connectivity index (χ0) is 18.4. The Morgan fingerprint density at radius 1 is 1.12 bits per heavy atom. The van der Waals surface area contributed by atoms with Crippen LogP contribution in [-0.4, -0.2) is 42.0 Å². The fourth-order valence-corrected chi connectivity index (χ4v) is 3.56. The maximum Gasteiger partial charge on any atom is 0.246 e. The van der Waals surface area contributed by atoms with Gasteiger partial charge in [-0.05, 0) is 43.6 Å². The van der Waals surface area contributed by atoms with Crippen LogP contribution in [0.5, 0.6) is 0 Å². The van der Waals surface area contributed by atoms with E-state index in [-0.39, 0.29) is 11.9 Å². The summed E-state index contributed by atoms with van der Waals surface area (Å²) in [6.45, 7) is 7.93. The number of likely N-dealkylation sites (N-methyl/N-ethyl adjacent to an activating group) is 1. The van der Waals surface area contributed by atoms with Gasteiger partial charge in [0.1, 0.15) is 11.9 Å². The van der Waals surface area contributed by atoms with Crippen molar-refractivity contribution >= 4 is 17.4 Å². The number of rotatable bonds is 7. The van der Waals surface area contributed by atoms with Crippen molar-refractivity contribution in [1.82, 2.24) is 9.88 Å². The minimum atomic E-state index is -0.301. The molecule has 2 aromatic rings. The number of aromatic nitrogens is 1. The van der Waals surface area contributed by atoms with Crippen LogP contribution in [0.15, 0.2) is 48.7 Å². The number of benzene rings is 1. The van der Waals surface area contributed by atoms with Crippen LogP contribution in [0.25, 0.3) is 0 Å². The first kappa shape index (κ1) is 18.4. The largest absolute Gasteiger partial charge is 0.357 e. The standard InChI is InChI=1S/C21H28N4O/c1-3-24(4-2)20(17-10-6-5-7-11-17)21(26)23-18-12-13-19(22-16-18)25-14-8-9-15-25/h5-7,10-13,16,20H,3-4,8-9,14-15H2,1-2H3,(H,23,26). The second-order valence-electron chi connectivity index (χ2n) is 6.62. The highest BCUT2D eigenvalue weighted by Crippen LogP contribution is 2.24. The Balaban J connectivity index is 1.74. The van der Waals surface area contributed by atoms with Crippen LogP contribution in [0.3, 0.4) is 0 Å². The van der Waals surface area contributed by atoms with Gasteiger partial charge in [-0.2, -0.15) is 0 Å². The summed E-state index contributed by atoms with van der Waals surface area (Å²) in [5.74, 6) is 0.972. The number of nitrogens with one attached hydrogen (secondary N) is 1. The molecule has 1 fully saturated rings. The molecule has 0 bridgehead atoms. The van der Waals surface area contributed by atoms with E-state index in [0.717, 1.165) is 43.2 Å². The molecule has 1 N–H and O–H groups in total. The molecule has 0 aliphatic carbocycles. The van der Waals surface area contributed by atoms with E-state index in [9.17, 15) is 4.79 Å². The van der Waals surface area contributed by atoms with Gasteiger partial charge < -0.3 is 10.2 Å². The third-order valence-electron chi connectivity index (χ3n) is 4.99. The van der Waals surface area contributed by atoms with Gasteiger partial charge in [0.2, 0.25) is 5.91 Å². The molecule has 3 rings (SSSR count). The summed E-state index contributed by atoms with van der Waals surface area (Å²) in [5, 5.41) is 3.05. The lowest BCUT2D eigenvalue weighted by Gasteiger charge is -2.29. The molecule has 0 spiro atoms. The van der Waals surface area contributed by atoms with Crippen molar-refractivity contribution < 1.29 is 4.79 Å². The number of hydrogen-bond acceptors (Lipinski definition) is 4. The van der Waals surface area contributed by atoms with E-state index in [2.05, 4.69) is 33.9 Å². The van der Waals surface area contributed by atoms with Gasteiger partial charge >= 0.3 is 0 Å². The molecule has 26 heavy (non-hydrogen) atoms. The van der Waals surface area contributed by atoms with Crippen molar-refractivity contribution in [1.29, 1.82) is 0 Å². The normalized spacial score (nSPS) is 15.3. The molecule has 0 radical (unpaired) electrons. The van der Waals surface area contributed by atoms with Crippen molar-refractivity contribution in [3.05, 3.63) is 54.2 Å². The van der Waals surface area contributed by atoms with Gasteiger partial charge in [-0.25, -0.2) is 4.98 Å². The zero-order valence-electron chi connectivity index (χ0n) is 15.7. The maximum absolute atomic E-state index is 13.0. The Labute approximate surface area is 156 Å². The predicted octanol–water partition coefficient (Wildman–Crippen LogP) is 3.70. The van der Waals surface area contributed by atoms with Gasteiger partial charge in [-0.3, -0.25) is 9.69 Å². The third-order valence-corrected chi connectivity index (χ3v) is 4.99. The molecule has 0 saturated carbocycles. The van der Waals surface area contributed by atoms with Crippen LogP contribution in [0, 0.1) is 0 Å². The van der Waals surface area contributed by atoms with Crippen LogP contribution in [0.4, 0.5) is 11.5 Å². The van der Waals surface area contributed by atoms with E-state index < -0.39 is 0 Å². The Morgan fingerprint density at radius 3 is 2.38 bits per heavy atom. The number of carbonyl (C=O) groups is 1. The Hall–Kier alpha value is -2.40. The van der Waals surface area contributed by atoms with E-state index in [1.54, 1.807) is 6.20 Å². The van der Waals surface area contributed by atoms with Crippen molar-refractivity contribution in [2.24, 2.45) is 0 Å². The first-order chi connectivity index (χ1) is 12.7. The average Bonchev–Trinajstić information content (AvgIpc) is 3.22. The van der Waals surface area contributed by atoms with E-state index in [1.165, 1.54) is 12.8 Å². The fourth-order valence-electron chi connectivity index (χ4n) is 3.56. The quantitative estimate of drug-likeness (QED) is 0.825.